The van der Waals surface area contributed by atoms with Crippen molar-refractivity contribution in [3.05, 3.63) is 70.3 Å². The molecule has 0 aliphatic carbocycles. The second-order valence-electron chi connectivity index (χ2n) is 8.91. The molecule has 4 heterocycles. The van der Waals surface area contributed by atoms with Crippen LogP contribution in [-0.4, -0.2) is 57.9 Å². The highest BCUT2D eigenvalue weighted by molar-refractivity contribution is 5.84. The van der Waals surface area contributed by atoms with E-state index < -0.39 is 0 Å². The first-order valence-electron chi connectivity index (χ1n) is 11.9. The summed E-state index contributed by atoms with van der Waals surface area (Å²) < 4.78 is 14.9. The quantitative estimate of drug-likeness (QED) is 0.476. The van der Waals surface area contributed by atoms with Gasteiger partial charge >= 0.3 is 0 Å². The number of aliphatic hydroxyl groups is 1. The van der Waals surface area contributed by atoms with Crippen LogP contribution in [0.25, 0.3) is 22.0 Å². The molecule has 1 unspecified atom stereocenters. The Hall–Kier alpha value is -3.69. The van der Waals surface area contributed by atoms with Crippen molar-refractivity contribution < 1.29 is 14.6 Å². The van der Waals surface area contributed by atoms with Crippen molar-refractivity contribution in [2.24, 2.45) is 0 Å². The monoisotopic (exact) mass is 473 g/mol. The van der Waals surface area contributed by atoms with Crippen LogP contribution in [0, 0.1) is 0 Å². The van der Waals surface area contributed by atoms with E-state index in [0.717, 1.165) is 53.0 Å². The second-order valence-corrected chi connectivity index (χ2v) is 8.91. The summed E-state index contributed by atoms with van der Waals surface area (Å²) in [4.78, 5) is 24.5. The number of ether oxygens (including phenoxy) is 2. The summed E-state index contributed by atoms with van der Waals surface area (Å²) in [7, 11) is 1.64. The van der Waals surface area contributed by atoms with Crippen LogP contribution < -0.4 is 15.2 Å². The van der Waals surface area contributed by atoms with Crippen LogP contribution in [0.4, 0.5) is 5.95 Å². The SMILES string of the molecule is COc1ccc(CO)cc1C1CCn2c(=O)c3ccc(-c4cnc(N5CCOCC5)nc4)cc3n21. The molecule has 1 saturated heterocycles. The molecule has 1 N–H and O–H groups in total. The number of benzene rings is 2. The minimum absolute atomic E-state index is 0.00486. The summed E-state index contributed by atoms with van der Waals surface area (Å²) in [6.07, 6.45) is 4.45. The van der Waals surface area contributed by atoms with Gasteiger partial charge in [-0.15, -0.1) is 0 Å². The van der Waals surface area contributed by atoms with Gasteiger partial charge in [0.15, 0.2) is 0 Å². The molecule has 2 aromatic heterocycles. The molecule has 2 aromatic carbocycles. The Bertz CT molecular complexity index is 1440. The first kappa shape index (κ1) is 21.8. The Morgan fingerprint density at radius 1 is 1.06 bits per heavy atom. The highest BCUT2D eigenvalue weighted by Crippen LogP contribution is 2.37. The smallest absolute Gasteiger partial charge is 0.274 e. The molecule has 0 spiro atoms. The molecular formula is C26H27N5O4. The molecule has 4 aromatic rings. The fraction of sp³-hybridized carbons (Fsp3) is 0.346. The van der Waals surface area contributed by atoms with Crippen LogP contribution in [-0.2, 0) is 17.9 Å². The summed E-state index contributed by atoms with van der Waals surface area (Å²) in [6, 6.07) is 11.5. The highest BCUT2D eigenvalue weighted by Gasteiger charge is 2.30. The molecule has 2 aliphatic heterocycles. The first-order chi connectivity index (χ1) is 17.2. The molecule has 0 bridgehead atoms. The number of morpholine rings is 1. The van der Waals surface area contributed by atoms with Gasteiger partial charge in [0, 0.05) is 43.2 Å². The lowest BCUT2D eigenvalue weighted by atomic mass is 10.00. The zero-order valence-electron chi connectivity index (χ0n) is 19.6. The third kappa shape index (κ3) is 3.67. The Morgan fingerprint density at radius 2 is 1.86 bits per heavy atom. The molecule has 35 heavy (non-hydrogen) atoms. The molecule has 0 amide bonds. The van der Waals surface area contributed by atoms with E-state index >= 15 is 0 Å². The van der Waals surface area contributed by atoms with Gasteiger partial charge in [-0.25, -0.2) is 14.6 Å². The van der Waals surface area contributed by atoms with Crippen molar-refractivity contribution in [3.63, 3.8) is 0 Å². The predicted octanol–water partition coefficient (Wildman–Crippen LogP) is 2.59. The Labute approximate surface area is 202 Å². The lowest BCUT2D eigenvalue weighted by molar-refractivity contribution is 0.122. The van der Waals surface area contributed by atoms with Crippen LogP contribution in [0.15, 0.2) is 53.6 Å². The maximum absolute atomic E-state index is 13.2. The molecule has 180 valence electrons. The molecule has 0 saturated carbocycles. The molecule has 6 rings (SSSR count). The van der Waals surface area contributed by atoms with E-state index in [0.29, 0.717) is 31.1 Å². The van der Waals surface area contributed by atoms with Crippen molar-refractivity contribution in [1.29, 1.82) is 0 Å². The number of rotatable bonds is 5. The van der Waals surface area contributed by atoms with Gasteiger partial charge in [-0.2, -0.15) is 0 Å². The van der Waals surface area contributed by atoms with Crippen LogP contribution >= 0.6 is 0 Å². The van der Waals surface area contributed by atoms with Gasteiger partial charge in [-0.3, -0.25) is 9.48 Å². The topological polar surface area (TPSA) is 94.6 Å². The van der Waals surface area contributed by atoms with Gasteiger partial charge in [0.1, 0.15) is 5.75 Å². The zero-order chi connectivity index (χ0) is 23.9. The maximum atomic E-state index is 13.2. The van der Waals surface area contributed by atoms with E-state index in [9.17, 15) is 9.90 Å². The number of aliphatic hydroxyl groups excluding tert-OH is 1. The van der Waals surface area contributed by atoms with Crippen LogP contribution in [0.2, 0.25) is 0 Å². The molecule has 1 fully saturated rings. The van der Waals surface area contributed by atoms with Gasteiger partial charge < -0.3 is 19.5 Å². The molecule has 0 radical (unpaired) electrons. The van der Waals surface area contributed by atoms with Crippen molar-refractivity contribution >= 4 is 16.9 Å². The molecule has 1 atom stereocenters. The second kappa shape index (κ2) is 8.83. The standard InChI is InChI=1S/C26H27N5O4/c1-34-24-5-2-17(16-32)12-21(24)22-6-7-30-25(33)20-4-3-18(13-23(20)31(22)30)19-14-27-26(28-15-19)29-8-10-35-11-9-29/h2-5,12-15,22,32H,6-11,16H2,1H3. The number of hydrogen-bond donors (Lipinski definition) is 1. The lowest BCUT2D eigenvalue weighted by Gasteiger charge is -2.26. The van der Waals surface area contributed by atoms with Crippen molar-refractivity contribution in [3.8, 4) is 16.9 Å². The normalized spacial score (nSPS) is 17.7. The minimum atomic E-state index is -0.0724. The summed E-state index contributed by atoms with van der Waals surface area (Å²) >= 11 is 0. The highest BCUT2D eigenvalue weighted by atomic mass is 16.5. The summed E-state index contributed by atoms with van der Waals surface area (Å²) in [5.41, 5.74) is 4.50. The Kier molecular flexibility index (Phi) is 5.50. The average molecular weight is 474 g/mol. The zero-order valence-corrected chi connectivity index (χ0v) is 19.6. The van der Waals surface area contributed by atoms with Crippen LogP contribution in [0.5, 0.6) is 5.75 Å². The number of aromatic nitrogens is 4. The summed E-state index contributed by atoms with van der Waals surface area (Å²) in [5, 5.41) is 10.4. The van der Waals surface area contributed by atoms with Gasteiger partial charge in [-0.1, -0.05) is 12.1 Å². The van der Waals surface area contributed by atoms with Crippen molar-refractivity contribution in [2.75, 3.05) is 38.3 Å². The van der Waals surface area contributed by atoms with Gasteiger partial charge in [0.2, 0.25) is 5.95 Å². The van der Waals surface area contributed by atoms with Gasteiger partial charge in [0.25, 0.3) is 5.56 Å². The number of methoxy groups -OCH3 is 1. The third-order valence-electron chi connectivity index (χ3n) is 6.98. The van der Waals surface area contributed by atoms with E-state index in [2.05, 4.69) is 19.5 Å². The fourth-order valence-corrected chi connectivity index (χ4v) is 5.19. The van der Waals surface area contributed by atoms with E-state index in [-0.39, 0.29) is 18.2 Å². The molecular weight excluding hydrogens is 446 g/mol. The average Bonchev–Trinajstić information content (AvgIpc) is 3.48. The van der Waals surface area contributed by atoms with E-state index in [1.165, 1.54) is 0 Å². The van der Waals surface area contributed by atoms with Crippen molar-refractivity contribution in [2.45, 2.75) is 25.6 Å². The largest absolute Gasteiger partial charge is 0.496 e. The number of fused-ring (bicyclic) bond motifs is 3. The van der Waals surface area contributed by atoms with E-state index in [1.807, 2.05) is 53.5 Å². The van der Waals surface area contributed by atoms with Gasteiger partial charge in [-0.05, 0) is 41.8 Å². The van der Waals surface area contributed by atoms with Crippen molar-refractivity contribution in [1.82, 2.24) is 19.3 Å². The van der Waals surface area contributed by atoms with E-state index in [1.54, 1.807) is 7.11 Å². The fourth-order valence-electron chi connectivity index (χ4n) is 5.19. The van der Waals surface area contributed by atoms with E-state index in [4.69, 9.17) is 9.47 Å². The Balaban J connectivity index is 1.41. The third-order valence-corrected chi connectivity index (χ3v) is 6.98. The molecule has 2 aliphatic rings. The molecule has 9 nitrogen and oxygen atoms in total. The van der Waals surface area contributed by atoms with Gasteiger partial charge in [0.05, 0.1) is 43.9 Å². The number of hydrogen-bond acceptors (Lipinski definition) is 7. The summed E-state index contributed by atoms with van der Waals surface area (Å²) in [5.74, 6) is 1.45. The maximum Gasteiger partial charge on any atom is 0.274 e. The Morgan fingerprint density at radius 3 is 2.60 bits per heavy atom. The first-order valence-corrected chi connectivity index (χ1v) is 11.9. The predicted molar refractivity (Wildman–Crippen MR) is 132 cm³/mol. The number of anilines is 1. The summed E-state index contributed by atoms with van der Waals surface area (Å²) in [6.45, 7) is 3.51. The minimum Gasteiger partial charge on any atom is -0.496 e. The lowest BCUT2D eigenvalue weighted by Crippen LogP contribution is -2.37. The number of nitrogens with zero attached hydrogens (tertiary/aromatic N) is 5. The van der Waals surface area contributed by atoms with Crippen LogP contribution in [0.3, 0.4) is 0 Å². The molecule has 9 heteroatoms. The van der Waals surface area contributed by atoms with Crippen LogP contribution in [0.1, 0.15) is 23.6 Å².